The summed E-state index contributed by atoms with van der Waals surface area (Å²) < 4.78 is 0. The third-order valence-corrected chi connectivity index (χ3v) is 4.19. The van der Waals surface area contributed by atoms with E-state index >= 15 is 0 Å². The number of rotatable bonds is 4. The second kappa shape index (κ2) is 6.05. The van der Waals surface area contributed by atoms with Gasteiger partial charge in [0.1, 0.15) is 5.37 Å². The molecule has 0 aromatic carbocycles. The van der Waals surface area contributed by atoms with Crippen molar-refractivity contribution in [2.75, 3.05) is 12.3 Å². The maximum atomic E-state index is 12.1. The topological polar surface area (TPSA) is 33.2 Å². The van der Waals surface area contributed by atoms with E-state index in [9.17, 15) is 4.79 Å². The van der Waals surface area contributed by atoms with E-state index in [1.54, 1.807) is 6.20 Å². The molecule has 17 heavy (non-hydrogen) atoms. The van der Waals surface area contributed by atoms with Gasteiger partial charge in [-0.1, -0.05) is 19.4 Å². The Labute approximate surface area is 107 Å². The van der Waals surface area contributed by atoms with Crippen LogP contribution in [0.3, 0.4) is 0 Å². The van der Waals surface area contributed by atoms with Crippen molar-refractivity contribution in [3.8, 4) is 0 Å². The van der Waals surface area contributed by atoms with Crippen LogP contribution in [0.4, 0.5) is 0 Å². The van der Waals surface area contributed by atoms with Crippen LogP contribution >= 0.6 is 11.8 Å². The number of nitrogens with zero attached hydrogens (tertiary/aromatic N) is 2. The molecular weight excluding hydrogens is 232 g/mol. The van der Waals surface area contributed by atoms with Gasteiger partial charge in [0.05, 0.1) is 0 Å². The highest BCUT2D eigenvalue weighted by Crippen LogP contribution is 2.37. The Morgan fingerprint density at radius 2 is 2.53 bits per heavy atom. The molecule has 2 heterocycles. The molecule has 92 valence electrons. The predicted molar refractivity (Wildman–Crippen MR) is 70.7 cm³/mol. The van der Waals surface area contributed by atoms with Crippen molar-refractivity contribution in [2.24, 2.45) is 0 Å². The number of hydrogen-bond acceptors (Lipinski definition) is 3. The molecule has 1 atom stereocenters. The van der Waals surface area contributed by atoms with Crippen LogP contribution in [0, 0.1) is 0 Å². The molecule has 0 bridgehead atoms. The van der Waals surface area contributed by atoms with E-state index in [1.165, 1.54) is 0 Å². The van der Waals surface area contributed by atoms with E-state index in [2.05, 4.69) is 18.0 Å². The fourth-order valence-corrected chi connectivity index (χ4v) is 3.26. The fraction of sp³-hybridized carbons (Fsp3) is 0.538. The van der Waals surface area contributed by atoms with Gasteiger partial charge < -0.3 is 4.90 Å². The van der Waals surface area contributed by atoms with Gasteiger partial charge in [-0.2, -0.15) is 0 Å². The summed E-state index contributed by atoms with van der Waals surface area (Å²) in [5.41, 5.74) is 1.14. The second-order valence-corrected chi connectivity index (χ2v) is 5.39. The first-order valence-electron chi connectivity index (χ1n) is 6.14. The van der Waals surface area contributed by atoms with E-state index in [0.717, 1.165) is 30.7 Å². The maximum Gasteiger partial charge on any atom is 0.223 e. The minimum Gasteiger partial charge on any atom is -0.326 e. The Kier molecular flexibility index (Phi) is 4.42. The SMILES string of the molecule is CCCCC(=O)N1CCS[C@@H]1c1cccnc1. The number of aromatic nitrogens is 1. The van der Waals surface area contributed by atoms with Crippen LogP contribution in [0.1, 0.15) is 37.1 Å². The van der Waals surface area contributed by atoms with Crippen molar-refractivity contribution in [1.29, 1.82) is 0 Å². The quantitative estimate of drug-likeness (QED) is 0.824. The summed E-state index contributed by atoms with van der Waals surface area (Å²) in [4.78, 5) is 18.2. The summed E-state index contributed by atoms with van der Waals surface area (Å²) >= 11 is 1.83. The van der Waals surface area contributed by atoms with Crippen molar-refractivity contribution in [3.63, 3.8) is 0 Å². The Balaban J connectivity index is 2.05. The van der Waals surface area contributed by atoms with Crippen molar-refractivity contribution in [2.45, 2.75) is 31.6 Å². The number of carbonyl (C=O) groups excluding carboxylic acids is 1. The lowest BCUT2D eigenvalue weighted by Gasteiger charge is -2.23. The number of carbonyl (C=O) groups is 1. The zero-order valence-electron chi connectivity index (χ0n) is 10.1. The minimum absolute atomic E-state index is 0.174. The first-order valence-corrected chi connectivity index (χ1v) is 7.19. The van der Waals surface area contributed by atoms with Crippen molar-refractivity contribution in [3.05, 3.63) is 30.1 Å². The highest BCUT2D eigenvalue weighted by molar-refractivity contribution is 7.99. The maximum absolute atomic E-state index is 12.1. The summed E-state index contributed by atoms with van der Waals surface area (Å²) in [6.45, 7) is 2.98. The third-order valence-electron chi connectivity index (χ3n) is 2.93. The van der Waals surface area contributed by atoms with Crippen LogP contribution < -0.4 is 0 Å². The molecule has 1 aromatic rings. The minimum atomic E-state index is 0.174. The van der Waals surface area contributed by atoms with Crippen molar-refractivity contribution in [1.82, 2.24) is 9.88 Å². The summed E-state index contributed by atoms with van der Waals surface area (Å²) in [5.74, 6) is 1.31. The molecule has 0 N–H and O–H groups in total. The van der Waals surface area contributed by atoms with Crippen molar-refractivity contribution >= 4 is 17.7 Å². The van der Waals surface area contributed by atoms with Gasteiger partial charge in [-0.3, -0.25) is 9.78 Å². The van der Waals surface area contributed by atoms with Gasteiger partial charge >= 0.3 is 0 Å². The molecule has 0 saturated carbocycles. The molecule has 1 aliphatic rings. The van der Waals surface area contributed by atoms with Gasteiger partial charge in [0.15, 0.2) is 0 Å². The molecule has 1 saturated heterocycles. The Bertz CT molecular complexity index is 369. The normalized spacial score (nSPS) is 19.6. The largest absolute Gasteiger partial charge is 0.326 e. The van der Waals surface area contributed by atoms with Gasteiger partial charge in [-0.15, -0.1) is 11.8 Å². The zero-order valence-corrected chi connectivity index (χ0v) is 10.9. The smallest absolute Gasteiger partial charge is 0.223 e. The number of hydrogen-bond donors (Lipinski definition) is 0. The van der Waals surface area contributed by atoms with Gasteiger partial charge in [-0.05, 0) is 12.5 Å². The standard InChI is InChI=1S/C13H18N2OS/c1-2-3-6-12(16)15-8-9-17-13(15)11-5-4-7-14-10-11/h4-5,7,10,13H,2-3,6,8-9H2,1H3/t13-/m1/s1. The molecule has 0 radical (unpaired) electrons. The van der Waals surface area contributed by atoms with Crippen LogP contribution in [0.2, 0.25) is 0 Å². The highest BCUT2D eigenvalue weighted by Gasteiger charge is 2.29. The Hall–Kier alpha value is -1.03. The molecule has 1 amide bonds. The first kappa shape index (κ1) is 12.4. The van der Waals surface area contributed by atoms with Crippen LogP contribution in [-0.4, -0.2) is 28.1 Å². The van der Waals surface area contributed by atoms with Crippen LogP contribution in [-0.2, 0) is 4.79 Å². The molecule has 0 spiro atoms. The average molecular weight is 250 g/mol. The summed E-state index contributed by atoms with van der Waals surface area (Å²) in [6.07, 6.45) is 6.37. The molecule has 1 aliphatic heterocycles. The molecule has 3 nitrogen and oxygen atoms in total. The molecule has 2 rings (SSSR count). The lowest BCUT2D eigenvalue weighted by Crippen LogP contribution is -2.30. The first-order chi connectivity index (χ1) is 8.33. The van der Waals surface area contributed by atoms with E-state index in [1.807, 2.05) is 28.9 Å². The molecule has 0 unspecified atom stereocenters. The van der Waals surface area contributed by atoms with Gasteiger partial charge in [0.25, 0.3) is 0 Å². The monoisotopic (exact) mass is 250 g/mol. The van der Waals surface area contributed by atoms with Gasteiger partial charge in [0.2, 0.25) is 5.91 Å². The average Bonchev–Trinajstić information content (AvgIpc) is 2.86. The lowest BCUT2D eigenvalue weighted by molar-refractivity contribution is -0.131. The van der Waals surface area contributed by atoms with Crippen LogP contribution in [0.25, 0.3) is 0 Å². The summed E-state index contributed by atoms with van der Waals surface area (Å²) in [7, 11) is 0. The molecule has 1 fully saturated rings. The van der Waals surface area contributed by atoms with E-state index < -0.39 is 0 Å². The third kappa shape index (κ3) is 3.00. The van der Waals surface area contributed by atoms with Crippen LogP contribution in [0.15, 0.2) is 24.5 Å². The highest BCUT2D eigenvalue weighted by atomic mass is 32.2. The summed E-state index contributed by atoms with van der Waals surface area (Å²) in [6, 6.07) is 3.99. The zero-order chi connectivity index (χ0) is 12.1. The fourth-order valence-electron chi connectivity index (χ4n) is 2.00. The molecule has 4 heteroatoms. The lowest BCUT2D eigenvalue weighted by atomic mass is 10.2. The van der Waals surface area contributed by atoms with Gasteiger partial charge in [-0.25, -0.2) is 0 Å². The molecule has 0 aliphatic carbocycles. The Morgan fingerprint density at radius 3 is 3.24 bits per heavy atom. The number of unbranched alkanes of at least 4 members (excludes halogenated alkanes) is 1. The van der Waals surface area contributed by atoms with E-state index in [-0.39, 0.29) is 11.3 Å². The second-order valence-electron chi connectivity index (χ2n) is 4.20. The van der Waals surface area contributed by atoms with E-state index in [4.69, 9.17) is 0 Å². The molecular formula is C13H18N2OS. The molecule has 1 aromatic heterocycles. The predicted octanol–water partition coefficient (Wildman–Crippen LogP) is 2.85. The Morgan fingerprint density at radius 1 is 1.65 bits per heavy atom. The van der Waals surface area contributed by atoms with E-state index in [0.29, 0.717) is 6.42 Å². The van der Waals surface area contributed by atoms with Crippen LogP contribution in [0.5, 0.6) is 0 Å². The number of pyridine rings is 1. The number of thioether (sulfide) groups is 1. The number of amides is 1. The van der Waals surface area contributed by atoms with Gasteiger partial charge in [0, 0.05) is 36.7 Å². The summed E-state index contributed by atoms with van der Waals surface area (Å²) in [5, 5.41) is 0.174. The van der Waals surface area contributed by atoms with Crippen molar-refractivity contribution < 1.29 is 4.79 Å².